The van der Waals surface area contributed by atoms with Crippen LogP contribution >= 0.6 is 0 Å². The van der Waals surface area contributed by atoms with Gasteiger partial charge in [0.15, 0.2) is 17.6 Å². The van der Waals surface area contributed by atoms with Crippen LogP contribution in [-0.4, -0.2) is 49.2 Å². The number of methoxy groups -OCH3 is 1. The molecule has 0 N–H and O–H groups in total. The zero-order chi connectivity index (χ0) is 18.1. The van der Waals surface area contributed by atoms with Crippen molar-refractivity contribution < 1.29 is 23.8 Å². The molecule has 2 aliphatic heterocycles. The first-order chi connectivity index (χ1) is 12.6. The van der Waals surface area contributed by atoms with Gasteiger partial charge in [-0.15, -0.1) is 0 Å². The minimum absolute atomic E-state index is 0.105. The highest BCUT2D eigenvalue weighted by atomic mass is 16.6. The summed E-state index contributed by atoms with van der Waals surface area (Å²) in [6.45, 7) is 2.10. The highest BCUT2D eigenvalue weighted by Gasteiger charge is 2.65. The molecule has 1 spiro atoms. The molecule has 0 aromatic heterocycles. The maximum atomic E-state index is 11.6. The fourth-order valence-electron chi connectivity index (χ4n) is 5.64. The summed E-state index contributed by atoms with van der Waals surface area (Å²) < 4.78 is 17.6. The second-order valence-corrected chi connectivity index (χ2v) is 7.56. The predicted octanol–water partition coefficient (Wildman–Crippen LogP) is 1.60. The van der Waals surface area contributed by atoms with Gasteiger partial charge in [0.25, 0.3) is 0 Å². The zero-order valence-electron chi connectivity index (χ0n) is 14.8. The van der Waals surface area contributed by atoms with Crippen LogP contribution in [0.15, 0.2) is 24.3 Å². The van der Waals surface area contributed by atoms with Crippen molar-refractivity contribution in [2.24, 2.45) is 5.92 Å². The van der Waals surface area contributed by atoms with Crippen LogP contribution in [0.3, 0.4) is 0 Å². The maximum Gasteiger partial charge on any atom is 0.303 e. The molecule has 1 aromatic rings. The Morgan fingerprint density at radius 2 is 2.23 bits per heavy atom. The van der Waals surface area contributed by atoms with E-state index in [9.17, 15) is 9.59 Å². The Bertz CT molecular complexity index is 834. The van der Waals surface area contributed by atoms with E-state index >= 15 is 0 Å². The van der Waals surface area contributed by atoms with Gasteiger partial charge >= 0.3 is 5.97 Å². The third-order valence-electron chi connectivity index (χ3n) is 6.54. The van der Waals surface area contributed by atoms with Crippen molar-refractivity contribution in [3.63, 3.8) is 0 Å². The maximum absolute atomic E-state index is 11.6. The fourth-order valence-corrected chi connectivity index (χ4v) is 5.64. The summed E-state index contributed by atoms with van der Waals surface area (Å²) in [5.41, 5.74) is 2.11. The van der Waals surface area contributed by atoms with Crippen LogP contribution in [0.5, 0.6) is 11.5 Å². The lowest BCUT2D eigenvalue weighted by Crippen LogP contribution is -2.65. The number of carbonyl (C=O) groups excluding carboxylic acids is 2. The van der Waals surface area contributed by atoms with Crippen LogP contribution in [0.1, 0.15) is 24.5 Å². The Kier molecular flexibility index (Phi) is 3.18. The van der Waals surface area contributed by atoms with Gasteiger partial charge in [0.05, 0.1) is 12.5 Å². The number of rotatable bonds is 3. The Morgan fingerprint density at radius 3 is 2.96 bits per heavy atom. The van der Waals surface area contributed by atoms with Crippen LogP contribution in [0, 0.1) is 5.92 Å². The molecule has 1 saturated heterocycles. The first-order valence-corrected chi connectivity index (χ1v) is 9.03. The van der Waals surface area contributed by atoms with Gasteiger partial charge in [-0.2, -0.15) is 0 Å². The van der Waals surface area contributed by atoms with Crippen LogP contribution in [0.2, 0.25) is 0 Å². The molecule has 5 rings (SSSR count). The molecular formula is C20H21NO5. The number of likely N-dealkylation sites (tertiary alicyclic amines) is 1. The summed E-state index contributed by atoms with van der Waals surface area (Å²) in [6, 6.07) is 4.12. The van der Waals surface area contributed by atoms with Crippen molar-refractivity contribution >= 4 is 12.4 Å². The molecular weight excluding hydrogens is 334 g/mol. The van der Waals surface area contributed by atoms with E-state index in [0.717, 1.165) is 25.0 Å². The summed E-state index contributed by atoms with van der Waals surface area (Å²) in [4.78, 5) is 25.2. The third kappa shape index (κ3) is 1.77. The molecule has 136 valence electrons. The van der Waals surface area contributed by atoms with Gasteiger partial charge in [0.2, 0.25) is 6.41 Å². The Labute approximate surface area is 151 Å². The highest BCUT2D eigenvalue weighted by Crippen LogP contribution is 2.62. The largest absolute Gasteiger partial charge is 0.493 e. The molecule has 26 heavy (non-hydrogen) atoms. The lowest BCUT2D eigenvalue weighted by Gasteiger charge is -2.56. The second kappa shape index (κ2) is 5.25. The number of benzene rings is 1. The van der Waals surface area contributed by atoms with E-state index in [1.165, 1.54) is 18.1 Å². The summed E-state index contributed by atoms with van der Waals surface area (Å²) in [5, 5.41) is 0. The molecule has 4 aliphatic rings. The van der Waals surface area contributed by atoms with Gasteiger partial charge in [0.1, 0.15) is 6.10 Å². The van der Waals surface area contributed by atoms with Crippen LogP contribution in [-0.2, 0) is 26.2 Å². The van der Waals surface area contributed by atoms with Crippen molar-refractivity contribution in [1.29, 1.82) is 0 Å². The van der Waals surface area contributed by atoms with E-state index in [2.05, 4.69) is 12.1 Å². The van der Waals surface area contributed by atoms with Gasteiger partial charge in [-0.1, -0.05) is 12.1 Å². The Balaban J connectivity index is 1.73. The van der Waals surface area contributed by atoms with Crippen molar-refractivity contribution in [3.8, 4) is 11.5 Å². The molecule has 2 aliphatic carbocycles. The molecule has 0 radical (unpaired) electrons. The number of carbonyl (C=O) groups is 2. The molecule has 0 saturated carbocycles. The fraction of sp³-hybridized carbons (Fsp3) is 0.500. The van der Waals surface area contributed by atoms with Gasteiger partial charge in [-0.25, -0.2) is 0 Å². The summed E-state index contributed by atoms with van der Waals surface area (Å²) >= 11 is 0. The third-order valence-corrected chi connectivity index (χ3v) is 6.54. The molecule has 1 fully saturated rings. The van der Waals surface area contributed by atoms with Crippen molar-refractivity contribution in [1.82, 2.24) is 4.90 Å². The van der Waals surface area contributed by atoms with E-state index in [4.69, 9.17) is 14.2 Å². The topological polar surface area (TPSA) is 65.1 Å². The van der Waals surface area contributed by atoms with Crippen LogP contribution in [0.4, 0.5) is 0 Å². The molecule has 5 atom stereocenters. The second-order valence-electron chi connectivity index (χ2n) is 7.56. The van der Waals surface area contributed by atoms with Crippen molar-refractivity contribution in [2.75, 3.05) is 13.7 Å². The Morgan fingerprint density at radius 1 is 1.38 bits per heavy atom. The molecule has 2 bridgehead atoms. The average Bonchev–Trinajstić information content (AvgIpc) is 2.97. The van der Waals surface area contributed by atoms with Gasteiger partial charge < -0.3 is 19.1 Å². The van der Waals surface area contributed by atoms with Crippen LogP contribution in [0.25, 0.3) is 0 Å². The van der Waals surface area contributed by atoms with Crippen molar-refractivity contribution in [3.05, 3.63) is 35.4 Å². The zero-order valence-corrected chi connectivity index (χ0v) is 14.8. The number of ether oxygens (including phenoxy) is 3. The monoisotopic (exact) mass is 355 g/mol. The predicted molar refractivity (Wildman–Crippen MR) is 92.2 cm³/mol. The average molecular weight is 355 g/mol. The lowest BCUT2D eigenvalue weighted by atomic mass is 9.53. The minimum Gasteiger partial charge on any atom is -0.493 e. The normalized spacial score (nSPS) is 35.4. The first-order valence-electron chi connectivity index (χ1n) is 9.03. The van der Waals surface area contributed by atoms with Crippen LogP contribution < -0.4 is 9.47 Å². The quantitative estimate of drug-likeness (QED) is 0.468. The van der Waals surface area contributed by atoms with Gasteiger partial charge in [-0.05, 0) is 30.5 Å². The number of esters is 1. The SMILES string of the molecule is COc1ccc2c3c1O[C@@H]1[C@@H](OC(C)=O)C=C[C@@H]4[C@@H](C2)N(C=O)CC[C@@]341. The number of nitrogens with zero attached hydrogens (tertiary/aromatic N) is 1. The number of hydrogen-bond acceptors (Lipinski definition) is 5. The van der Waals surface area contributed by atoms with E-state index in [1.54, 1.807) is 7.11 Å². The van der Waals surface area contributed by atoms with Crippen molar-refractivity contribution in [2.45, 2.75) is 43.4 Å². The summed E-state index contributed by atoms with van der Waals surface area (Å²) in [7, 11) is 1.64. The number of amides is 1. The van der Waals surface area contributed by atoms with E-state index < -0.39 is 6.10 Å². The van der Waals surface area contributed by atoms with Gasteiger partial charge in [-0.3, -0.25) is 9.59 Å². The Hall–Kier alpha value is -2.50. The highest BCUT2D eigenvalue weighted by molar-refractivity contribution is 5.68. The summed E-state index contributed by atoms with van der Waals surface area (Å²) in [5.74, 6) is 1.32. The summed E-state index contributed by atoms with van der Waals surface area (Å²) in [6.07, 6.45) is 5.89. The molecule has 2 heterocycles. The first kappa shape index (κ1) is 15.7. The van der Waals surface area contributed by atoms with Gasteiger partial charge in [0, 0.05) is 31.0 Å². The minimum atomic E-state index is -0.435. The van der Waals surface area contributed by atoms with E-state index in [1.807, 2.05) is 17.0 Å². The molecule has 6 heteroatoms. The van der Waals surface area contributed by atoms with E-state index in [-0.39, 0.29) is 29.4 Å². The molecule has 1 amide bonds. The smallest absolute Gasteiger partial charge is 0.303 e. The molecule has 0 unspecified atom stereocenters. The van der Waals surface area contributed by atoms with E-state index in [0.29, 0.717) is 12.3 Å². The number of piperidine rings is 1. The number of hydrogen-bond donors (Lipinski definition) is 0. The molecule has 6 nitrogen and oxygen atoms in total. The lowest BCUT2D eigenvalue weighted by molar-refractivity contribution is -0.152. The standard InChI is InChI=1S/C20H21NO5/c1-11(23)25-16-6-4-13-14-9-12-3-5-15(24-2)18-17(12)20(13,19(16)26-18)7-8-21(14)10-22/h3-6,10,13-14,16,19H,7-9H2,1-2H3/t13-,14-,16+,19-,20+/m1/s1. The molecule has 1 aromatic carbocycles.